The van der Waals surface area contributed by atoms with E-state index in [0.717, 1.165) is 44.1 Å². The maximum Gasteiger partial charge on any atom is 0.244 e. The van der Waals surface area contributed by atoms with E-state index in [0.29, 0.717) is 25.0 Å². The molecular formula is C30H47N5O6S. The molecule has 0 saturated heterocycles. The Morgan fingerprint density at radius 1 is 1.12 bits per heavy atom. The zero-order chi connectivity index (χ0) is 30.4. The molecular weight excluding hydrogens is 558 g/mol. The minimum absolute atomic E-state index is 0.127. The molecule has 0 spiro atoms. The van der Waals surface area contributed by atoms with E-state index in [9.17, 15) is 28.2 Å². The van der Waals surface area contributed by atoms with E-state index >= 15 is 0 Å². The minimum atomic E-state index is -3.82. The Morgan fingerprint density at radius 3 is 2.52 bits per heavy atom. The molecule has 1 heterocycles. The summed E-state index contributed by atoms with van der Waals surface area (Å²) in [6.07, 6.45) is 7.88. The Bertz CT molecular complexity index is 1170. The van der Waals surface area contributed by atoms with Crippen molar-refractivity contribution in [1.29, 1.82) is 0 Å². The number of unbranched alkanes of at least 4 members (excludes halogenated alkanes) is 1. The maximum absolute atomic E-state index is 13.4. The van der Waals surface area contributed by atoms with Gasteiger partial charge in [-0.05, 0) is 30.7 Å². The first-order valence-corrected chi connectivity index (χ1v) is 16.8. The molecule has 234 valence electrons. The lowest BCUT2D eigenvalue weighted by molar-refractivity contribution is -0.132. The number of aromatic amines is 1. The van der Waals surface area contributed by atoms with Gasteiger partial charge in [0.1, 0.15) is 0 Å². The van der Waals surface area contributed by atoms with Gasteiger partial charge in [0.25, 0.3) is 0 Å². The molecule has 3 rings (SSSR count). The number of imide groups is 1. The third-order valence-electron chi connectivity index (χ3n) is 7.82. The van der Waals surface area contributed by atoms with Gasteiger partial charge in [0, 0.05) is 37.3 Å². The van der Waals surface area contributed by atoms with E-state index < -0.39 is 51.9 Å². The van der Waals surface area contributed by atoms with E-state index in [1.807, 2.05) is 37.3 Å². The summed E-state index contributed by atoms with van der Waals surface area (Å²) >= 11 is 0. The molecule has 12 heteroatoms. The van der Waals surface area contributed by atoms with Crippen molar-refractivity contribution in [2.75, 3.05) is 12.3 Å². The molecule has 0 bridgehead atoms. The molecule has 1 saturated carbocycles. The fraction of sp³-hybridized carbons (Fsp3) is 0.633. The number of aliphatic hydroxyl groups excluding tert-OH is 2. The van der Waals surface area contributed by atoms with Crippen LogP contribution in [0.3, 0.4) is 0 Å². The molecule has 0 radical (unpaired) electrons. The van der Waals surface area contributed by atoms with Crippen LogP contribution in [-0.4, -0.2) is 77.0 Å². The average Bonchev–Trinajstić information content (AvgIpc) is 3.49. The van der Waals surface area contributed by atoms with E-state index in [2.05, 4.69) is 25.3 Å². The van der Waals surface area contributed by atoms with E-state index in [4.69, 9.17) is 0 Å². The van der Waals surface area contributed by atoms with Crippen LogP contribution in [0.5, 0.6) is 0 Å². The number of carbonyl (C=O) groups is 2. The Morgan fingerprint density at radius 2 is 1.86 bits per heavy atom. The van der Waals surface area contributed by atoms with Crippen molar-refractivity contribution in [1.82, 2.24) is 25.3 Å². The van der Waals surface area contributed by atoms with Crippen LogP contribution in [0.15, 0.2) is 42.9 Å². The van der Waals surface area contributed by atoms with Crippen LogP contribution >= 0.6 is 0 Å². The van der Waals surface area contributed by atoms with Gasteiger partial charge in [-0.3, -0.25) is 14.9 Å². The number of nitrogens with zero attached hydrogens (tertiary/aromatic N) is 1. The fourth-order valence-electron chi connectivity index (χ4n) is 5.43. The lowest BCUT2D eigenvalue weighted by Crippen LogP contribution is -2.57. The summed E-state index contributed by atoms with van der Waals surface area (Å²) in [5, 5.41) is 27.8. The van der Waals surface area contributed by atoms with Crippen LogP contribution in [-0.2, 0) is 32.5 Å². The molecule has 1 aliphatic carbocycles. The summed E-state index contributed by atoms with van der Waals surface area (Å²) in [6, 6.07) is 7.78. The highest BCUT2D eigenvalue weighted by molar-refractivity contribution is 7.89. The van der Waals surface area contributed by atoms with Gasteiger partial charge in [0.05, 0.1) is 30.3 Å². The highest BCUT2D eigenvalue weighted by Gasteiger charge is 2.35. The SMILES string of the molecule is CCCCNS(=O)(=O)C[C@H](O)[C@H](O)[C@H](CC1CCCCC1)N[C@H](Cc1cnc[nH]1)C(=O)NC(=O)CCc1ccccc1. The van der Waals surface area contributed by atoms with Gasteiger partial charge < -0.3 is 20.5 Å². The summed E-state index contributed by atoms with van der Waals surface area (Å²) in [5.74, 6) is -1.39. The first-order chi connectivity index (χ1) is 20.2. The zero-order valence-electron chi connectivity index (χ0n) is 24.5. The number of hydrogen-bond acceptors (Lipinski definition) is 8. The standard InChI is InChI=1S/C30H47N5O6S/c1-2-3-16-33-42(40,41)20-27(36)29(38)25(17-23-12-8-5-9-13-23)34-26(18-24-19-31-21-32-24)30(39)35-28(37)15-14-22-10-6-4-7-11-22/h4,6-7,10-11,19,21,23,25-27,29,33-34,36,38H,2-3,5,8-9,12-18,20H2,1H3,(H,31,32)(H,35,37,39)/t25-,26+,27-,29+/m0/s1. The molecule has 1 aromatic carbocycles. The van der Waals surface area contributed by atoms with Crippen molar-refractivity contribution in [3.8, 4) is 0 Å². The van der Waals surface area contributed by atoms with E-state index in [1.165, 1.54) is 6.33 Å². The number of rotatable bonds is 18. The number of aromatic nitrogens is 2. The van der Waals surface area contributed by atoms with Crippen LogP contribution < -0.4 is 15.4 Å². The fourth-order valence-corrected chi connectivity index (χ4v) is 6.65. The molecule has 11 nitrogen and oxygen atoms in total. The first kappa shape index (κ1) is 33.9. The molecule has 2 aromatic rings. The van der Waals surface area contributed by atoms with Crippen LogP contribution in [0.2, 0.25) is 0 Å². The largest absolute Gasteiger partial charge is 0.389 e. The predicted molar refractivity (Wildman–Crippen MR) is 161 cm³/mol. The molecule has 4 atom stereocenters. The molecule has 1 aliphatic rings. The number of sulfonamides is 1. The van der Waals surface area contributed by atoms with Crippen molar-refractivity contribution in [2.45, 2.75) is 102 Å². The summed E-state index contributed by atoms with van der Waals surface area (Å²) in [4.78, 5) is 33.1. The number of carbonyl (C=O) groups excluding carboxylic acids is 2. The highest BCUT2D eigenvalue weighted by atomic mass is 32.2. The smallest absolute Gasteiger partial charge is 0.244 e. The van der Waals surface area contributed by atoms with Crippen molar-refractivity contribution >= 4 is 21.8 Å². The summed E-state index contributed by atoms with van der Waals surface area (Å²) in [5.41, 5.74) is 1.63. The van der Waals surface area contributed by atoms with Crippen molar-refractivity contribution < 1.29 is 28.2 Å². The second kappa shape index (κ2) is 17.5. The van der Waals surface area contributed by atoms with Crippen molar-refractivity contribution in [3.05, 3.63) is 54.1 Å². The normalized spacial score (nSPS) is 17.3. The second-order valence-corrected chi connectivity index (χ2v) is 13.2. The summed E-state index contributed by atoms with van der Waals surface area (Å²) in [6.45, 7) is 2.21. The number of benzene rings is 1. The molecule has 2 amide bonds. The molecule has 42 heavy (non-hydrogen) atoms. The average molecular weight is 606 g/mol. The molecule has 6 N–H and O–H groups in total. The van der Waals surface area contributed by atoms with Gasteiger partial charge in [0.2, 0.25) is 21.8 Å². The number of H-pyrrole nitrogens is 1. The number of imidazole rings is 1. The highest BCUT2D eigenvalue weighted by Crippen LogP contribution is 2.29. The number of hydrogen-bond donors (Lipinski definition) is 6. The van der Waals surface area contributed by atoms with Crippen LogP contribution in [0.25, 0.3) is 0 Å². The summed E-state index contributed by atoms with van der Waals surface area (Å²) < 4.78 is 27.6. The quantitative estimate of drug-likeness (QED) is 0.140. The predicted octanol–water partition coefficient (Wildman–Crippen LogP) is 1.97. The van der Waals surface area contributed by atoms with Gasteiger partial charge in [0.15, 0.2) is 0 Å². The number of aliphatic hydroxyl groups is 2. The van der Waals surface area contributed by atoms with E-state index in [-0.39, 0.29) is 25.3 Å². The van der Waals surface area contributed by atoms with Crippen LogP contribution in [0.4, 0.5) is 0 Å². The third kappa shape index (κ3) is 11.9. The van der Waals surface area contributed by atoms with Gasteiger partial charge >= 0.3 is 0 Å². The molecule has 0 unspecified atom stereocenters. The van der Waals surface area contributed by atoms with E-state index in [1.54, 1.807) is 6.20 Å². The van der Waals surface area contributed by atoms with Crippen LogP contribution in [0, 0.1) is 5.92 Å². The van der Waals surface area contributed by atoms with Gasteiger partial charge in [-0.25, -0.2) is 18.1 Å². The lowest BCUT2D eigenvalue weighted by atomic mass is 9.83. The lowest BCUT2D eigenvalue weighted by Gasteiger charge is -2.34. The van der Waals surface area contributed by atoms with Crippen LogP contribution in [0.1, 0.15) is 76.0 Å². The Balaban J connectivity index is 1.73. The molecule has 1 aromatic heterocycles. The van der Waals surface area contributed by atoms with Crippen molar-refractivity contribution in [2.24, 2.45) is 5.92 Å². The Labute approximate surface area is 249 Å². The number of nitrogens with one attached hydrogen (secondary N) is 4. The zero-order valence-corrected chi connectivity index (χ0v) is 25.3. The minimum Gasteiger partial charge on any atom is -0.389 e. The number of aryl methyl sites for hydroxylation is 1. The van der Waals surface area contributed by atoms with Gasteiger partial charge in [-0.15, -0.1) is 0 Å². The molecule has 0 aliphatic heterocycles. The van der Waals surface area contributed by atoms with Gasteiger partial charge in [-0.1, -0.05) is 75.8 Å². The Kier molecular flexibility index (Phi) is 14.1. The molecule has 1 fully saturated rings. The van der Waals surface area contributed by atoms with Crippen molar-refractivity contribution in [3.63, 3.8) is 0 Å². The Hall–Kier alpha value is -2.64. The summed E-state index contributed by atoms with van der Waals surface area (Å²) in [7, 11) is -3.82. The monoisotopic (exact) mass is 605 g/mol. The topological polar surface area (TPSA) is 174 Å². The third-order valence-corrected chi connectivity index (χ3v) is 9.24. The van der Waals surface area contributed by atoms with Gasteiger partial charge in [-0.2, -0.15) is 0 Å². The number of amides is 2. The second-order valence-electron chi connectivity index (χ2n) is 11.3. The maximum atomic E-state index is 13.4. The first-order valence-electron chi connectivity index (χ1n) is 15.1.